The third-order valence-electron chi connectivity index (χ3n) is 3.93. The molecule has 0 saturated carbocycles. The Morgan fingerprint density at radius 2 is 1.94 bits per heavy atom. The molecular formula is C16H25NO. The normalized spacial score (nSPS) is 25.9. The van der Waals surface area contributed by atoms with Gasteiger partial charge in [0.05, 0.1) is 5.60 Å². The van der Waals surface area contributed by atoms with Crippen LogP contribution in [0.25, 0.3) is 0 Å². The van der Waals surface area contributed by atoms with Crippen molar-refractivity contribution < 1.29 is 5.11 Å². The third kappa shape index (κ3) is 3.82. The molecule has 1 heterocycles. The second-order valence-electron chi connectivity index (χ2n) is 5.58. The minimum atomic E-state index is -0.496. The van der Waals surface area contributed by atoms with Crippen LogP contribution in [-0.2, 0) is 6.42 Å². The number of hydrogen-bond donors (Lipinski definition) is 1. The molecule has 1 aromatic rings. The Kier molecular flexibility index (Phi) is 4.79. The predicted molar refractivity (Wildman–Crippen MR) is 75.7 cm³/mol. The first-order valence-corrected chi connectivity index (χ1v) is 7.20. The zero-order valence-electron chi connectivity index (χ0n) is 11.4. The average molecular weight is 247 g/mol. The van der Waals surface area contributed by atoms with E-state index in [4.69, 9.17) is 0 Å². The molecule has 100 valence electrons. The molecule has 2 heteroatoms. The fourth-order valence-corrected chi connectivity index (χ4v) is 2.93. The van der Waals surface area contributed by atoms with Crippen molar-refractivity contribution in [2.24, 2.45) is 0 Å². The quantitative estimate of drug-likeness (QED) is 0.884. The first kappa shape index (κ1) is 13.6. The summed E-state index contributed by atoms with van der Waals surface area (Å²) in [6.07, 6.45) is 4.96. The topological polar surface area (TPSA) is 23.5 Å². The molecule has 1 aliphatic rings. The van der Waals surface area contributed by atoms with Crippen molar-refractivity contribution in [2.75, 3.05) is 19.6 Å². The minimum Gasteiger partial charge on any atom is -0.389 e. The van der Waals surface area contributed by atoms with Crippen LogP contribution < -0.4 is 0 Å². The van der Waals surface area contributed by atoms with Gasteiger partial charge in [0, 0.05) is 13.0 Å². The van der Waals surface area contributed by atoms with Crippen molar-refractivity contribution in [1.29, 1.82) is 0 Å². The van der Waals surface area contributed by atoms with Gasteiger partial charge in [0.1, 0.15) is 0 Å². The van der Waals surface area contributed by atoms with Crippen molar-refractivity contribution in [3.8, 4) is 0 Å². The molecule has 0 amide bonds. The van der Waals surface area contributed by atoms with Crippen molar-refractivity contribution >= 4 is 0 Å². The zero-order chi connectivity index (χ0) is 12.8. The molecule has 0 spiro atoms. The summed E-state index contributed by atoms with van der Waals surface area (Å²) >= 11 is 0. The van der Waals surface area contributed by atoms with Crippen LogP contribution in [0.2, 0.25) is 0 Å². The SMILES string of the molecule is CCCN1CCCC(O)(Cc2ccccc2)CC1. The van der Waals surface area contributed by atoms with Crippen LogP contribution in [0.15, 0.2) is 30.3 Å². The first-order chi connectivity index (χ1) is 8.72. The Morgan fingerprint density at radius 1 is 1.17 bits per heavy atom. The largest absolute Gasteiger partial charge is 0.389 e. The van der Waals surface area contributed by atoms with Gasteiger partial charge in [-0.1, -0.05) is 37.3 Å². The molecule has 18 heavy (non-hydrogen) atoms. The van der Waals surface area contributed by atoms with Gasteiger partial charge in [0.15, 0.2) is 0 Å². The van der Waals surface area contributed by atoms with Gasteiger partial charge < -0.3 is 10.0 Å². The van der Waals surface area contributed by atoms with E-state index in [0.717, 1.165) is 38.8 Å². The Labute approximate surface area is 111 Å². The molecule has 2 nitrogen and oxygen atoms in total. The van der Waals surface area contributed by atoms with Gasteiger partial charge >= 0.3 is 0 Å². The van der Waals surface area contributed by atoms with E-state index >= 15 is 0 Å². The van der Waals surface area contributed by atoms with Crippen molar-refractivity contribution in [3.63, 3.8) is 0 Å². The van der Waals surface area contributed by atoms with E-state index in [1.54, 1.807) is 0 Å². The molecule has 1 aromatic carbocycles. The maximum absolute atomic E-state index is 10.8. The summed E-state index contributed by atoms with van der Waals surface area (Å²) in [7, 11) is 0. The maximum atomic E-state index is 10.8. The van der Waals surface area contributed by atoms with Crippen molar-refractivity contribution in [1.82, 2.24) is 4.90 Å². The van der Waals surface area contributed by atoms with Crippen LogP contribution in [0, 0.1) is 0 Å². The Hall–Kier alpha value is -0.860. The summed E-state index contributed by atoms with van der Waals surface area (Å²) in [5, 5.41) is 10.8. The van der Waals surface area contributed by atoms with E-state index in [2.05, 4.69) is 36.1 Å². The lowest BCUT2D eigenvalue weighted by atomic mass is 9.88. The molecule has 1 atom stereocenters. The van der Waals surface area contributed by atoms with Crippen LogP contribution in [0.5, 0.6) is 0 Å². The molecule has 1 fully saturated rings. The number of benzene rings is 1. The summed E-state index contributed by atoms with van der Waals surface area (Å²) in [5.74, 6) is 0. The van der Waals surface area contributed by atoms with E-state index < -0.39 is 5.60 Å². The van der Waals surface area contributed by atoms with E-state index in [-0.39, 0.29) is 0 Å². The number of nitrogens with zero attached hydrogens (tertiary/aromatic N) is 1. The van der Waals surface area contributed by atoms with Gasteiger partial charge in [-0.2, -0.15) is 0 Å². The van der Waals surface area contributed by atoms with Gasteiger partial charge in [0.25, 0.3) is 0 Å². The van der Waals surface area contributed by atoms with Crippen LogP contribution in [-0.4, -0.2) is 35.2 Å². The number of aliphatic hydroxyl groups is 1. The highest BCUT2D eigenvalue weighted by Gasteiger charge is 2.29. The molecule has 0 bridgehead atoms. The summed E-state index contributed by atoms with van der Waals surface area (Å²) < 4.78 is 0. The van der Waals surface area contributed by atoms with Crippen molar-refractivity contribution in [2.45, 2.75) is 44.6 Å². The molecule has 0 aromatic heterocycles. The summed E-state index contributed by atoms with van der Waals surface area (Å²) in [6, 6.07) is 10.4. The molecular weight excluding hydrogens is 222 g/mol. The highest BCUT2D eigenvalue weighted by atomic mass is 16.3. The lowest BCUT2D eigenvalue weighted by Gasteiger charge is -2.27. The van der Waals surface area contributed by atoms with Gasteiger partial charge in [-0.15, -0.1) is 0 Å². The summed E-state index contributed by atoms with van der Waals surface area (Å²) in [5.41, 5.74) is 0.757. The lowest BCUT2D eigenvalue weighted by molar-refractivity contribution is 0.0257. The molecule has 0 radical (unpaired) electrons. The number of hydrogen-bond acceptors (Lipinski definition) is 2. The number of likely N-dealkylation sites (tertiary alicyclic amines) is 1. The number of rotatable bonds is 4. The molecule has 1 saturated heterocycles. The maximum Gasteiger partial charge on any atom is 0.0700 e. The smallest absolute Gasteiger partial charge is 0.0700 e. The monoisotopic (exact) mass is 247 g/mol. The fourth-order valence-electron chi connectivity index (χ4n) is 2.93. The first-order valence-electron chi connectivity index (χ1n) is 7.20. The van der Waals surface area contributed by atoms with Crippen molar-refractivity contribution in [3.05, 3.63) is 35.9 Å². The summed E-state index contributed by atoms with van der Waals surface area (Å²) in [4.78, 5) is 2.49. The second-order valence-corrected chi connectivity index (χ2v) is 5.58. The molecule has 2 rings (SSSR count). The zero-order valence-corrected chi connectivity index (χ0v) is 11.4. The van der Waals surface area contributed by atoms with Crippen LogP contribution in [0.3, 0.4) is 0 Å². The summed E-state index contributed by atoms with van der Waals surface area (Å²) in [6.45, 7) is 5.57. The average Bonchev–Trinajstić information content (AvgIpc) is 2.54. The fraction of sp³-hybridized carbons (Fsp3) is 0.625. The van der Waals surface area contributed by atoms with E-state index in [1.165, 1.54) is 18.5 Å². The van der Waals surface area contributed by atoms with Crippen LogP contribution in [0.1, 0.15) is 38.2 Å². The predicted octanol–water partition coefficient (Wildman–Crippen LogP) is 2.86. The Morgan fingerprint density at radius 3 is 2.67 bits per heavy atom. The van der Waals surface area contributed by atoms with Gasteiger partial charge in [0.2, 0.25) is 0 Å². The van der Waals surface area contributed by atoms with E-state index in [0.29, 0.717) is 0 Å². The second kappa shape index (κ2) is 6.35. The molecule has 0 aliphatic carbocycles. The minimum absolute atomic E-state index is 0.496. The highest BCUT2D eigenvalue weighted by molar-refractivity contribution is 5.17. The Bertz CT molecular complexity index is 351. The van der Waals surface area contributed by atoms with Gasteiger partial charge in [-0.3, -0.25) is 0 Å². The van der Waals surface area contributed by atoms with Crippen LogP contribution in [0.4, 0.5) is 0 Å². The highest BCUT2D eigenvalue weighted by Crippen LogP contribution is 2.26. The van der Waals surface area contributed by atoms with Gasteiger partial charge in [-0.25, -0.2) is 0 Å². The van der Waals surface area contributed by atoms with E-state index in [1.807, 2.05) is 6.07 Å². The lowest BCUT2D eigenvalue weighted by Crippen LogP contribution is -2.33. The molecule has 1 unspecified atom stereocenters. The molecule has 1 N–H and O–H groups in total. The van der Waals surface area contributed by atoms with Gasteiger partial charge in [-0.05, 0) is 44.3 Å². The molecule has 1 aliphatic heterocycles. The Balaban J connectivity index is 1.95. The third-order valence-corrected chi connectivity index (χ3v) is 3.93. The van der Waals surface area contributed by atoms with E-state index in [9.17, 15) is 5.11 Å². The van der Waals surface area contributed by atoms with Crippen LogP contribution >= 0.6 is 0 Å². The standard InChI is InChI=1S/C16H25NO/c1-2-11-17-12-6-9-16(18,10-13-17)14-15-7-4-3-5-8-15/h3-5,7-8,18H,2,6,9-14H2,1H3.